The van der Waals surface area contributed by atoms with Crippen LogP contribution in [0, 0.1) is 0 Å². The summed E-state index contributed by atoms with van der Waals surface area (Å²) in [5.41, 5.74) is 1.97. The smallest absolute Gasteiger partial charge is 0.311 e. The van der Waals surface area contributed by atoms with Gasteiger partial charge in [0.15, 0.2) is 0 Å². The fourth-order valence-corrected chi connectivity index (χ4v) is 2.55. The molecular formula is C16H12O4. The number of hydrogen-bond acceptors (Lipinski definition) is 3. The molecule has 0 aliphatic rings. The number of para-hydroxylation sites is 1. The van der Waals surface area contributed by atoms with Crippen molar-refractivity contribution >= 4 is 34.2 Å². The Balaban J connectivity index is 2.34. The fraction of sp³-hybridized carbons (Fsp3) is 0.125. The second kappa shape index (κ2) is 4.81. The standard InChI is InChI=1S/C16H12O4/c17-9-8-11(16(18)19)10-5-3-7-14-15(10)12-4-1-2-6-13(12)20-14/h1-7,9,11H,8H2,(H,18,19). The molecule has 0 bridgehead atoms. The van der Waals surface area contributed by atoms with Crippen molar-refractivity contribution in [1.82, 2.24) is 0 Å². The maximum atomic E-state index is 11.4. The number of furan rings is 1. The predicted molar refractivity (Wildman–Crippen MR) is 74.8 cm³/mol. The first-order chi connectivity index (χ1) is 9.72. The lowest BCUT2D eigenvalue weighted by Gasteiger charge is -2.10. The Morgan fingerprint density at radius 1 is 1.15 bits per heavy atom. The Morgan fingerprint density at radius 3 is 2.65 bits per heavy atom. The van der Waals surface area contributed by atoms with Crippen LogP contribution in [0.4, 0.5) is 0 Å². The maximum absolute atomic E-state index is 11.4. The van der Waals surface area contributed by atoms with Crippen LogP contribution in [0.25, 0.3) is 21.9 Å². The second-order valence-corrected chi connectivity index (χ2v) is 4.61. The molecule has 0 spiro atoms. The SMILES string of the molecule is O=CCC(C(=O)O)c1cccc2oc3ccccc3c12. The van der Waals surface area contributed by atoms with Gasteiger partial charge in [0.1, 0.15) is 17.5 Å². The summed E-state index contributed by atoms with van der Waals surface area (Å²) in [6, 6.07) is 12.8. The van der Waals surface area contributed by atoms with Crippen LogP contribution in [0.2, 0.25) is 0 Å². The third kappa shape index (κ3) is 1.86. The summed E-state index contributed by atoms with van der Waals surface area (Å²) in [6.45, 7) is 0. The number of carbonyl (C=O) groups excluding carboxylic acids is 1. The molecule has 1 heterocycles. The average molecular weight is 268 g/mol. The summed E-state index contributed by atoms with van der Waals surface area (Å²) >= 11 is 0. The highest BCUT2D eigenvalue weighted by atomic mass is 16.4. The highest BCUT2D eigenvalue weighted by molar-refractivity contribution is 6.08. The van der Waals surface area contributed by atoms with E-state index in [1.165, 1.54) is 0 Å². The molecule has 1 atom stereocenters. The first-order valence-electron chi connectivity index (χ1n) is 6.29. The van der Waals surface area contributed by atoms with Gasteiger partial charge in [-0.05, 0) is 17.7 Å². The van der Waals surface area contributed by atoms with Crippen molar-refractivity contribution in [2.75, 3.05) is 0 Å². The molecule has 0 aliphatic carbocycles. The summed E-state index contributed by atoms with van der Waals surface area (Å²) in [4.78, 5) is 22.1. The van der Waals surface area contributed by atoms with Gasteiger partial charge in [0.05, 0.1) is 5.92 Å². The van der Waals surface area contributed by atoms with Gasteiger partial charge >= 0.3 is 5.97 Å². The first kappa shape index (κ1) is 12.4. The normalized spacial score (nSPS) is 12.6. The molecule has 1 N–H and O–H groups in total. The Bertz CT molecular complexity index is 800. The van der Waals surface area contributed by atoms with Gasteiger partial charge < -0.3 is 14.3 Å². The minimum atomic E-state index is -1.00. The van der Waals surface area contributed by atoms with Crippen molar-refractivity contribution < 1.29 is 19.1 Å². The molecule has 4 heteroatoms. The number of fused-ring (bicyclic) bond motifs is 3. The summed E-state index contributed by atoms with van der Waals surface area (Å²) in [5, 5.41) is 11.0. The molecule has 100 valence electrons. The van der Waals surface area contributed by atoms with Crippen molar-refractivity contribution in [3.05, 3.63) is 48.0 Å². The van der Waals surface area contributed by atoms with Gasteiger partial charge in [-0.15, -0.1) is 0 Å². The number of aldehydes is 1. The quantitative estimate of drug-likeness (QED) is 0.737. The van der Waals surface area contributed by atoms with E-state index in [1.54, 1.807) is 18.2 Å². The largest absolute Gasteiger partial charge is 0.481 e. The lowest BCUT2D eigenvalue weighted by molar-refractivity contribution is -0.139. The average Bonchev–Trinajstić information content (AvgIpc) is 2.83. The molecule has 0 saturated heterocycles. The van der Waals surface area contributed by atoms with Crippen molar-refractivity contribution in [2.24, 2.45) is 0 Å². The van der Waals surface area contributed by atoms with Crippen LogP contribution < -0.4 is 0 Å². The highest BCUT2D eigenvalue weighted by Gasteiger charge is 2.23. The van der Waals surface area contributed by atoms with E-state index in [1.807, 2.05) is 24.3 Å². The Morgan fingerprint density at radius 2 is 1.90 bits per heavy atom. The van der Waals surface area contributed by atoms with Crippen molar-refractivity contribution in [2.45, 2.75) is 12.3 Å². The van der Waals surface area contributed by atoms with Crippen LogP contribution in [-0.4, -0.2) is 17.4 Å². The molecule has 0 fully saturated rings. The Hall–Kier alpha value is -2.62. The van der Waals surface area contributed by atoms with Crippen LogP contribution in [0.15, 0.2) is 46.9 Å². The number of benzene rings is 2. The Kier molecular flexibility index (Phi) is 2.99. The number of carboxylic acids is 1. The third-order valence-corrected chi connectivity index (χ3v) is 3.44. The highest BCUT2D eigenvalue weighted by Crippen LogP contribution is 2.35. The summed E-state index contributed by atoms with van der Waals surface area (Å²) in [6.07, 6.45) is 0.591. The number of carbonyl (C=O) groups is 2. The van der Waals surface area contributed by atoms with Gasteiger partial charge in [0.25, 0.3) is 0 Å². The molecule has 0 saturated carbocycles. The molecule has 0 radical (unpaired) electrons. The van der Waals surface area contributed by atoms with E-state index in [0.717, 1.165) is 10.8 Å². The van der Waals surface area contributed by atoms with Crippen molar-refractivity contribution in [1.29, 1.82) is 0 Å². The number of hydrogen-bond donors (Lipinski definition) is 1. The molecule has 2 aromatic carbocycles. The molecule has 0 amide bonds. The molecule has 0 aliphatic heterocycles. The van der Waals surface area contributed by atoms with Gasteiger partial charge in [0.2, 0.25) is 0 Å². The summed E-state index contributed by atoms with van der Waals surface area (Å²) in [5.74, 6) is -1.85. The fourth-order valence-electron chi connectivity index (χ4n) is 2.55. The molecule has 20 heavy (non-hydrogen) atoms. The lowest BCUT2D eigenvalue weighted by atomic mass is 9.92. The van der Waals surface area contributed by atoms with Crippen LogP contribution in [0.1, 0.15) is 17.9 Å². The van der Waals surface area contributed by atoms with Gasteiger partial charge in [-0.2, -0.15) is 0 Å². The number of aliphatic carboxylic acids is 1. The summed E-state index contributed by atoms with van der Waals surface area (Å²) < 4.78 is 5.72. The molecule has 1 aromatic heterocycles. The van der Waals surface area contributed by atoms with E-state index in [0.29, 0.717) is 23.0 Å². The van der Waals surface area contributed by atoms with Gasteiger partial charge in [0, 0.05) is 17.2 Å². The van der Waals surface area contributed by atoms with E-state index in [2.05, 4.69) is 0 Å². The van der Waals surface area contributed by atoms with Crippen LogP contribution >= 0.6 is 0 Å². The molecule has 4 nitrogen and oxygen atoms in total. The minimum absolute atomic E-state index is 0.0477. The first-order valence-corrected chi connectivity index (χ1v) is 6.29. The van der Waals surface area contributed by atoms with E-state index in [-0.39, 0.29) is 6.42 Å². The lowest BCUT2D eigenvalue weighted by Crippen LogP contribution is -2.12. The van der Waals surface area contributed by atoms with E-state index in [9.17, 15) is 14.7 Å². The van der Waals surface area contributed by atoms with E-state index >= 15 is 0 Å². The zero-order chi connectivity index (χ0) is 14.1. The Labute approximate surface area is 114 Å². The molecule has 3 rings (SSSR count). The third-order valence-electron chi connectivity index (χ3n) is 3.44. The zero-order valence-electron chi connectivity index (χ0n) is 10.6. The molecule has 1 unspecified atom stereocenters. The van der Waals surface area contributed by atoms with Gasteiger partial charge in [-0.1, -0.05) is 30.3 Å². The van der Waals surface area contributed by atoms with Crippen LogP contribution in [0.5, 0.6) is 0 Å². The summed E-state index contributed by atoms with van der Waals surface area (Å²) in [7, 11) is 0. The molecule has 3 aromatic rings. The maximum Gasteiger partial charge on any atom is 0.311 e. The number of carboxylic acid groups (broad SMARTS) is 1. The molecular weight excluding hydrogens is 256 g/mol. The van der Waals surface area contributed by atoms with Crippen molar-refractivity contribution in [3.63, 3.8) is 0 Å². The van der Waals surface area contributed by atoms with Crippen LogP contribution in [0.3, 0.4) is 0 Å². The van der Waals surface area contributed by atoms with Gasteiger partial charge in [-0.3, -0.25) is 4.79 Å². The van der Waals surface area contributed by atoms with Crippen molar-refractivity contribution in [3.8, 4) is 0 Å². The van der Waals surface area contributed by atoms with E-state index < -0.39 is 11.9 Å². The zero-order valence-corrected chi connectivity index (χ0v) is 10.6. The van der Waals surface area contributed by atoms with Crippen LogP contribution in [-0.2, 0) is 9.59 Å². The second-order valence-electron chi connectivity index (χ2n) is 4.61. The monoisotopic (exact) mass is 268 g/mol. The van der Waals surface area contributed by atoms with E-state index in [4.69, 9.17) is 4.42 Å². The predicted octanol–water partition coefficient (Wildman–Crippen LogP) is 3.34. The number of rotatable bonds is 4. The van der Waals surface area contributed by atoms with Gasteiger partial charge in [-0.25, -0.2) is 0 Å². The topological polar surface area (TPSA) is 67.5 Å². The minimum Gasteiger partial charge on any atom is -0.481 e.